The predicted molar refractivity (Wildman–Crippen MR) is 152 cm³/mol. The maximum atomic E-state index is 13.3. The summed E-state index contributed by atoms with van der Waals surface area (Å²) in [6, 6.07) is 7.82. The molecule has 0 aliphatic carbocycles. The Kier molecular flexibility index (Phi) is 11.9. The highest BCUT2D eigenvalue weighted by Crippen LogP contribution is 2.29. The Bertz CT molecular complexity index is 1390. The molecule has 2 aromatic rings. The van der Waals surface area contributed by atoms with Gasteiger partial charge in [0.15, 0.2) is 0 Å². The summed E-state index contributed by atoms with van der Waals surface area (Å²) in [5, 5.41) is 22.2. The third-order valence-corrected chi connectivity index (χ3v) is 7.07. The number of rotatable bonds is 8. The largest absolute Gasteiger partial charge is 0.508 e. The lowest BCUT2D eigenvalue weighted by Gasteiger charge is -2.28. The number of amides is 4. The Morgan fingerprint density at radius 1 is 1.09 bits per heavy atom. The van der Waals surface area contributed by atoms with Crippen LogP contribution in [0, 0.1) is 13.8 Å². The Hall–Kier alpha value is -4.66. The second kappa shape index (κ2) is 14.7. The van der Waals surface area contributed by atoms with E-state index >= 15 is 0 Å². The van der Waals surface area contributed by atoms with Crippen molar-refractivity contribution in [1.82, 2.24) is 15.5 Å². The van der Waals surface area contributed by atoms with Crippen LogP contribution in [0.1, 0.15) is 47.6 Å². The minimum absolute atomic E-state index is 0.140. The highest BCUT2D eigenvalue weighted by Gasteiger charge is 2.38. The molecule has 0 saturated heterocycles. The number of alkyl halides is 3. The Labute approximate surface area is 251 Å². The average molecular weight is 624 g/mol. The number of aryl methyl sites for hydroxylation is 2. The number of phenolic OH excluding ortho intramolecular Hbond substituents is 1. The molecule has 44 heavy (non-hydrogen) atoms. The van der Waals surface area contributed by atoms with Gasteiger partial charge in [0.2, 0.25) is 23.6 Å². The van der Waals surface area contributed by atoms with Crippen molar-refractivity contribution in [3.63, 3.8) is 0 Å². The fourth-order valence-electron chi connectivity index (χ4n) is 4.77. The van der Waals surface area contributed by atoms with E-state index in [1.807, 2.05) is 45.0 Å². The van der Waals surface area contributed by atoms with Gasteiger partial charge in [0.1, 0.15) is 17.8 Å². The third kappa shape index (κ3) is 9.42. The zero-order chi connectivity index (χ0) is 33.5. The summed E-state index contributed by atoms with van der Waals surface area (Å²) in [6.07, 6.45) is -4.85. The molecule has 0 saturated carbocycles. The number of halogens is 3. The van der Waals surface area contributed by atoms with E-state index in [0.717, 1.165) is 27.8 Å². The number of carboxylic acids is 1. The molecule has 0 fully saturated rings. The predicted octanol–water partition coefficient (Wildman–Crippen LogP) is 1.13. The van der Waals surface area contributed by atoms with E-state index in [1.165, 1.54) is 11.8 Å². The van der Waals surface area contributed by atoms with Gasteiger partial charge < -0.3 is 37.2 Å². The monoisotopic (exact) mass is 623 g/mol. The van der Waals surface area contributed by atoms with Crippen molar-refractivity contribution in [3.8, 4) is 5.75 Å². The number of phenols is 1. The number of aliphatic carboxylic acids is 1. The third-order valence-electron chi connectivity index (χ3n) is 7.07. The molecule has 1 heterocycles. The van der Waals surface area contributed by atoms with Crippen LogP contribution < -0.4 is 22.1 Å². The van der Waals surface area contributed by atoms with Gasteiger partial charge in [-0.05, 0) is 67.1 Å². The average Bonchev–Trinajstić information content (AvgIpc) is 3.00. The number of hydrogen-bond acceptors (Lipinski definition) is 7. The number of primary amides is 1. The van der Waals surface area contributed by atoms with Crippen LogP contribution in [-0.4, -0.2) is 75.6 Å². The van der Waals surface area contributed by atoms with Gasteiger partial charge in [-0.2, -0.15) is 13.2 Å². The van der Waals surface area contributed by atoms with Crippen molar-refractivity contribution < 1.29 is 47.4 Å². The van der Waals surface area contributed by atoms with Gasteiger partial charge in [-0.1, -0.05) is 31.2 Å². The minimum Gasteiger partial charge on any atom is -0.508 e. The van der Waals surface area contributed by atoms with Crippen LogP contribution in [0.4, 0.5) is 13.2 Å². The molecule has 1 aliphatic rings. The topological polar surface area (TPSA) is 205 Å². The molecule has 240 valence electrons. The number of carbonyl (C=O) groups excluding carboxylic acids is 4. The molecule has 4 atom stereocenters. The molecular weight excluding hydrogens is 587 g/mol. The van der Waals surface area contributed by atoms with E-state index in [4.69, 9.17) is 21.4 Å². The van der Waals surface area contributed by atoms with Crippen LogP contribution in [0.2, 0.25) is 0 Å². The van der Waals surface area contributed by atoms with Gasteiger partial charge >= 0.3 is 12.1 Å². The first-order chi connectivity index (χ1) is 20.3. The summed E-state index contributed by atoms with van der Waals surface area (Å²) < 4.78 is 31.7. The van der Waals surface area contributed by atoms with Crippen molar-refractivity contribution >= 4 is 29.6 Å². The molecule has 0 aromatic heterocycles. The van der Waals surface area contributed by atoms with Crippen LogP contribution in [0.15, 0.2) is 36.4 Å². The van der Waals surface area contributed by atoms with E-state index in [-0.39, 0.29) is 31.2 Å². The molecule has 1 aliphatic heterocycles. The Balaban J connectivity index is 0.000000860. The van der Waals surface area contributed by atoms with E-state index in [1.54, 1.807) is 12.1 Å². The van der Waals surface area contributed by atoms with Crippen molar-refractivity contribution in [1.29, 1.82) is 0 Å². The standard InChI is InChI=1S/C27H35N5O5.C2HF3O2/c1-14-9-19(33)10-15(2)21(14)11-22(28)26(36)30-17(4)25(35)31-24-16(3)20-8-6-5-7-18(20)12-32(27(24)37)13-23(29)34;3-2(4,5)1(6)7/h5-10,16-17,22,24,33H,11-13,28H2,1-4H3,(H2,29,34)(H,30,36)(H,31,35);(H,6,7)/t16-,17+,22-,24+;/m0./s1. The molecule has 0 spiro atoms. The quantitative estimate of drug-likeness (QED) is 0.251. The number of aromatic hydroxyl groups is 1. The van der Waals surface area contributed by atoms with Crippen molar-refractivity contribution in [2.45, 2.75) is 70.9 Å². The minimum atomic E-state index is -5.08. The van der Waals surface area contributed by atoms with Gasteiger partial charge in [0, 0.05) is 12.5 Å². The molecular formula is C29H36F3N5O7. The number of carbonyl (C=O) groups is 5. The summed E-state index contributed by atoms with van der Waals surface area (Å²) >= 11 is 0. The highest BCUT2D eigenvalue weighted by atomic mass is 19.4. The van der Waals surface area contributed by atoms with Gasteiger partial charge in [-0.15, -0.1) is 0 Å². The number of benzene rings is 2. The molecule has 0 unspecified atom stereocenters. The van der Waals surface area contributed by atoms with Crippen LogP contribution in [0.3, 0.4) is 0 Å². The molecule has 8 N–H and O–H groups in total. The number of nitrogens with two attached hydrogens (primary N) is 2. The van der Waals surface area contributed by atoms with Crippen LogP contribution >= 0.6 is 0 Å². The van der Waals surface area contributed by atoms with Crippen molar-refractivity contribution in [2.24, 2.45) is 11.5 Å². The Morgan fingerprint density at radius 3 is 2.16 bits per heavy atom. The fraction of sp³-hybridized carbons (Fsp3) is 0.414. The summed E-state index contributed by atoms with van der Waals surface area (Å²) in [5.41, 5.74) is 15.7. The zero-order valence-corrected chi connectivity index (χ0v) is 24.6. The highest BCUT2D eigenvalue weighted by molar-refractivity contribution is 5.94. The van der Waals surface area contributed by atoms with E-state index in [0.29, 0.717) is 0 Å². The van der Waals surface area contributed by atoms with Gasteiger partial charge in [-0.25, -0.2) is 4.79 Å². The first-order valence-corrected chi connectivity index (χ1v) is 13.4. The molecule has 0 radical (unpaired) electrons. The fourth-order valence-corrected chi connectivity index (χ4v) is 4.77. The van der Waals surface area contributed by atoms with E-state index in [2.05, 4.69) is 10.6 Å². The Morgan fingerprint density at radius 2 is 1.64 bits per heavy atom. The van der Waals surface area contributed by atoms with Gasteiger partial charge in [0.05, 0.1) is 12.6 Å². The molecule has 2 aromatic carbocycles. The lowest BCUT2D eigenvalue weighted by molar-refractivity contribution is -0.192. The lowest BCUT2D eigenvalue weighted by Crippen LogP contribution is -2.56. The molecule has 3 rings (SSSR count). The normalized spacial score (nSPS) is 17.6. The molecule has 0 bridgehead atoms. The first kappa shape index (κ1) is 35.5. The smallest absolute Gasteiger partial charge is 0.490 e. The number of fused-ring (bicyclic) bond motifs is 1. The van der Waals surface area contributed by atoms with Gasteiger partial charge in [0.25, 0.3) is 0 Å². The van der Waals surface area contributed by atoms with E-state index < -0.39 is 53.9 Å². The van der Waals surface area contributed by atoms with Crippen LogP contribution in [-0.2, 0) is 36.9 Å². The summed E-state index contributed by atoms with van der Waals surface area (Å²) in [5.74, 6) is -5.15. The molecule has 4 amide bonds. The SMILES string of the molecule is Cc1cc(O)cc(C)c1C[C@H](N)C(=O)N[C@H](C)C(=O)N[C@H]1C(=O)N(CC(N)=O)Cc2ccccc2[C@@H]1C.O=C(O)C(F)(F)F. The first-order valence-electron chi connectivity index (χ1n) is 13.4. The summed E-state index contributed by atoms with van der Waals surface area (Å²) in [6.45, 7) is 6.92. The van der Waals surface area contributed by atoms with Crippen LogP contribution in [0.25, 0.3) is 0 Å². The van der Waals surface area contributed by atoms with Crippen molar-refractivity contribution in [3.05, 3.63) is 64.2 Å². The lowest BCUT2D eigenvalue weighted by atomic mass is 9.90. The zero-order valence-electron chi connectivity index (χ0n) is 24.6. The molecule has 12 nitrogen and oxygen atoms in total. The molecule has 15 heteroatoms. The number of carboxylic acid groups (broad SMARTS) is 1. The summed E-state index contributed by atoms with van der Waals surface area (Å²) in [4.78, 5) is 61.0. The number of nitrogens with one attached hydrogen (secondary N) is 2. The number of hydrogen-bond donors (Lipinski definition) is 6. The maximum absolute atomic E-state index is 13.3. The second-order valence-corrected chi connectivity index (χ2v) is 10.5. The second-order valence-electron chi connectivity index (χ2n) is 10.5. The van der Waals surface area contributed by atoms with Gasteiger partial charge in [-0.3, -0.25) is 19.2 Å². The van der Waals surface area contributed by atoms with E-state index in [9.17, 15) is 37.5 Å². The van der Waals surface area contributed by atoms with Crippen molar-refractivity contribution in [2.75, 3.05) is 6.54 Å². The maximum Gasteiger partial charge on any atom is 0.490 e. The summed E-state index contributed by atoms with van der Waals surface area (Å²) in [7, 11) is 0. The number of nitrogens with zero attached hydrogens (tertiary/aromatic N) is 1. The van der Waals surface area contributed by atoms with Crippen LogP contribution in [0.5, 0.6) is 5.75 Å².